The number of carbonyl (C=O) groups is 5. The largest absolute Gasteiger partial charge is 0.478 e. The van der Waals surface area contributed by atoms with E-state index in [1.165, 1.54) is 25.6 Å². The van der Waals surface area contributed by atoms with Crippen LogP contribution in [0.1, 0.15) is 19.7 Å². The summed E-state index contributed by atoms with van der Waals surface area (Å²) in [5.74, 6) is -4.17. The third-order valence-electron chi connectivity index (χ3n) is 6.78. The number of carboxylic acids is 2. The van der Waals surface area contributed by atoms with Crippen LogP contribution >= 0.6 is 23.3 Å². The molecular weight excluding hydrogens is 636 g/mol. The number of nitrogens with one attached hydrogen (secondary N) is 3. The lowest BCUT2D eigenvalue weighted by atomic mass is 10.0. The molecule has 0 spiro atoms. The van der Waals surface area contributed by atoms with Crippen LogP contribution < -0.4 is 33.2 Å². The van der Waals surface area contributed by atoms with Crippen LogP contribution in [0.25, 0.3) is 0 Å². The van der Waals surface area contributed by atoms with E-state index >= 15 is 0 Å². The van der Waals surface area contributed by atoms with E-state index in [-0.39, 0.29) is 54.4 Å². The normalized spacial score (nSPS) is 20.5. The first-order valence-corrected chi connectivity index (χ1v) is 15.0. The minimum Gasteiger partial charge on any atom is -0.478 e. The number of amides is 4. The Morgan fingerprint density at radius 3 is 2.53 bits per heavy atom. The second kappa shape index (κ2) is 13.1. The lowest BCUT2D eigenvalue weighted by molar-refractivity contribution is -0.161. The lowest BCUT2D eigenvalue weighted by Crippen LogP contribution is -2.71. The molecule has 4 amide bonds. The predicted octanol–water partition coefficient (Wildman–Crippen LogP) is -3.01. The summed E-state index contributed by atoms with van der Waals surface area (Å²) < 4.78 is 3.92. The van der Waals surface area contributed by atoms with Crippen molar-refractivity contribution in [1.82, 2.24) is 40.2 Å². The number of rotatable bonds is 12. The van der Waals surface area contributed by atoms with E-state index in [1.807, 2.05) is 0 Å². The van der Waals surface area contributed by atoms with Crippen LogP contribution in [-0.4, -0.2) is 126 Å². The Bertz CT molecular complexity index is 1510. The number of aliphatic carboxylic acids is 2. The molecule has 0 aliphatic carbocycles. The van der Waals surface area contributed by atoms with E-state index in [4.69, 9.17) is 22.0 Å². The van der Waals surface area contributed by atoms with E-state index in [1.54, 1.807) is 17.1 Å². The summed E-state index contributed by atoms with van der Waals surface area (Å²) in [6.45, 7) is 3.17. The summed E-state index contributed by atoms with van der Waals surface area (Å²) in [6, 6.07) is -1.64. The van der Waals surface area contributed by atoms with Gasteiger partial charge in [-0.1, -0.05) is 5.16 Å². The number of nitrogens with zero attached hydrogens (tertiary/aromatic N) is 6. The molecule has 20 nitrogen and oxygen atoms in total. The number of hydrogen-bond acceptors (Lipinski definition) is 16. The Hall–Kier alpha value is -4.67. The predicted molar refractivity (Wildman–Crippen MR) is 159 cm³/mol. The number of carboxylic acid groups (broad SMARTS) is 2. The summed E-state index contributed by atoms with van der Waals surface area (Å²) in [7, 11) is 1.65. The third kappa shape index (κ3) is 6.87. The molecule has 45 heavy (non-hydrogen) atoms. The molecule has 4 heterocycles. The molecule has 0 saturated carbocycles. The summed E-state index contributed by atoms with van der Waals surface area (Å²) in [4.78, 5) is 72.5. The molecule has 3 aliphatic rings. The Morgan fingerprint density at radius 1 is 1.22 bits per heavy atom. The van der Waals surface area contributed by atoms with Gasteiger partial charge in [-0.2, -0.15) is 9.36 Å². The van der Waals surface area contributed by atoms with E-state index in [0.29, 0.717) is 11.3 Å². The molecule has 4 rings (SSSR count). The van der Waals surface area contributed by atoms with Gasteiger partial charge in [-0.15, -0.1) is 11.8 Å². The van der Waals surface area contributed by atoms with Crippen LogP contribution in [0.5, 0.6) is 0 Å². The molecule has 1 aromatic heterocycles. The molecule has 3 aliphatic heterocycles. The van der Waals surface area contributed by atoms with Crippen molar-refractivity contribution in [3.05, 3.63) is 28.6 Å². The summed E-state index contributed by atoms with van der Waals surface area (Å²) in [5.41, 5.74) is 15.4. The number of aromatic nitrogens is 2. The van der Waals surface area contributed by atoms with Gasteiger partial charge in [0.15, 0.2) is 5.13 Å². The number of urea groups is 1. The van der Waals surface area contributed by atoms with Crippen LogP contribution in [0.4, 0.5) is 9.93 Å². The molecule has 1 saturated heterocycles. The molecule has 1 aromatic rings. The van der Waals surface area contributed by atoms with Gasteiger partial charge in [-0.3, -0.25) is 19.5 Å². The number of nitrogen functional groups attached to an aromatic ring is 1. The van der Waals surface area contributed by atoms with Crippen molar-refractivity contribution in [3.8, 4) is 0 Å². The van der Waals surface area contributed by atoms with Gasteiger partial charge in [-0.05, 0) is 19.4 Å². The molecule has 2 atom stereocenters. The Balaban J connectivity index is 1.49. The summed E-state index contributed by atoms with van der Waals surface area (Å²) >= 11 is 1.98. The number of hydrogen-bond donors (Lipinski definition) is 8. The van der Waals surface area contributed by atoms with Crippen LogP contribution in [0, 0.1) is 0 Å². The fraction of sp³-hybridized carbons (Fsp3) is 0.478. The topological polar surface area (TPSA) is 297 Å². The van der Waals surface area contributed by atoms with E-state index in [9.17, 15) is 34.2 Å². The van der Waals surface area contributed by atoms with Crippen molar-refractivity contribution in [1.29, 1.82) is 0 Å². The van der Waals surface area contributed by atoms with Gasteiger partial charge >= 0.3 is 18.0 Å². The number of thioether (sulfide) groups is 1. The van der Waals surface area contributed by atoms with Gasteiger partial charge in [0.1, 0.15) is 22.9 Å². The third-order valence-corrected chi connectivity index (χ3v) is 8.66. The Kier molecular flexibility index (Phi) is 9.70. The van der Waals surface area contributed by atoms with Gasteiger partial charge in [0.25, 0.3) is 11.8 Å². The minimum atomic E-state index is -1.82. The van der Waals surface area contributed by atoms with Gasteiger partial charge in [0.2, 0.25) is 17.1 Å². The highest BCUT2D eigenvalue weighted by molar-refractivity contribution is 8.00. The molecule has 0 radical (unpaired) electrons. The van der Waals surface area contributed by atoms with Crippen molar-refractivity contribution < 1.29 is 39.0 Å². The van der Waals surface area contributed by atoms with Crippen LogP contribution in [0.15, 0.2) is 27.9 Å². The Morgan fingerprint density at radius 2 is 1.93 bits per heavy atom. The zero-order chi connectivity index (χ0) is 33.2. The van der Waals surface area contributed by atoms with E-state index in [0.717, 1.165) is 16.4 Å². The molecule has 2 unspecified atom stereocenters. The van der Waals surface area contributed by atoms with Crippen molar-refractivity contribution in [2.45, 2.75) is 30.9 Å². The van der Waals surface area contributed by atoms with Gasteiger partial charge in [0, 0.05) is 44.0 Å². The first-order valence-electron chi connectivity index (χ1n) is 13.2. The second-order valence-electron chi connectivity index (χ2n) is 10.3. The molecule has 0 bridgehead atoms. The van der Waals surface area contributed by atoms with Crippen molar-refractivity contribution in [3.63, 3.8) is 0 Å². The van der Waals surface area contributed by atoms with Crippen molar-refractivity contribution in [2.75, 3.05) is 44.7 Å². The highest BCUT2D eigenvalue weighted by Gasteiger charge is 2.54. The smallest absolute Gasteiger partial charge is 0.352 e. The standard InChI is InChI=1S/C23H32N12O8S2/c1-23(2,20(40)41)43-31-11(15-30-21(26)45-32-15)16(36)29-12-17(37)35-13(19(38)39)9(8-44-18(12)35)6-34-7-10(14(25)33(34)3)28-22(42)27-5-4-24/h12,18H,4-8,24-25H2,1-3H3,(H,29,36)(H,38,39)(H,40,41)(H2,26,30,32)(H2,27,28,42). The maximum Gasteiger partial charge on any atom is 0.352 e. The molecule has 0 aromatic carbocycles. The fourth-order valence-corrected chi connectivity index (χ4v) is 6.07. The van der Waals surface area contributed by atoms with E-state index < -0.39 is 52.5 Å². The second-order valence-corrected chi connectivity index (χ2v) is 12.2. The van der Waals surface area contributed by atoms with Crippen LogP contribution in [-0.2, 0) is 24.0 Å². The fourth-order valence-electron chi connectivity index (χ4n) is 4.30. The number of fused-ring (bicyclic) bond motifs is 1. The van der Waals surface area contributed by atoms with Crippen molar-refractivity contribution in [2.24, 2.45) is 16.6 Å². The van der Waals surface area contributed by atoms with Gasteiger partial charge < -0.3 is 48.2 Å². The number of oxime groups is 1. The highest BCUT2D eigenvalue weighted by atomic mass is 32.2. The minimum absolute atomic E-state index is 0.00106. The van der Waals surface area contributed by atoms with Crippen molar-refractivity contribution >= 4 is 63.9 Å². The maximum atomic E-state index is 13.3. The number of nitrogens with two attached hydrogens (primary N) is 3. The monoisotopic (exact) mass is 668 g/mol. The number of β-lactam (4-membered cyclic amide) rings is 1. The summed E-state index contributed by atoms with van der Waals surface area (Å²) in [5, 5.41) is 33.3. The lowest BCUT2D eigenvalue weighted by Gasteiger charge is -2.49. The first kappa shape index (κ1) is 33.2. The zero-order valence-corrected chi connectivity index (χ0v) is 25.9. The van der Waals surface area contributed by atoms with E-state index in [2.05, 4.69) is 30.5 Å². The number of anilines is 1. The highest BCUT2D eigenvalue weighted by Crippen LogP contribution is 2.41. The van der Waals surface area contributed by atoms with Gasteiger partial charge in [0.05, 0.1) is 12.2 Å². The maximum absolute atomic E-state index is 13.3. The molecule has 22 heteroatoms. The first-order chi connectivity index (χ1) is 21.2. The quantitative estimate of drug-likeness (QED) is 0.0625. The van der Waals surface area contributed by atoms with Crippen LogP contribution in [0.2, 0.25) is 0 Å². The number of hydrazine groups is 1. The van der Waals surface area contributed by atoms with Gasteiger partial charge in [-0.25, -0.2) is 19.4 Å². The molecule has 11 N–H and O–H groups in total. The Labute approximate surface area is 263 Å². The SMILES string of the molecule is CN1C(N)=C(NC(=O)NCCN)CN1CC1=C(C(=O)O)N2C(=O)C(NC(=O)C(=NOC(C)(C)C(=O)O)c3nsc(N)n3)C2SC1. The average Bonchev–Trinajstić information content (AvgIpc) is 3.52. The number of carbonyl (C=O) groups excluding carboxylic acids is 3. The molecular formula is C23H32N12O8S2. The molecule has 1 fully saturated rings. The molecule has 244 valence electrons. The average molecular weight is 669 g/mol. The van der Waals surface area contributed by atoms with Crippen LogP contribution in [0.3, 0.4) is 0 Å². The summed E-state index contributed by atoms with van der Waals surface area (Å²) in [6.07, 6.45) is 0. The zero-order valence-electron chi connectivity index (χ0n) is 24.3.